The van der Waals surface area contributed by atoms with E-state index in [1.54, 1.807) is 12.1 Å². The quantitative estimate of drug-likeness (QED) is 0.448. The predicted molar refractivity (Wildman–Crippen MR) is 109 cm³/mol. The summed E-state index contributed by atoms with van der Waals surface area (Å²) in [6.07, 6.45) is -0.553. The van der Waals surface area contributed by atoms with Gasteiger partial charge in [0.25, 0.3) is 0 Å². The molecule has 2 rings (SSSR count). The van der Waals surface area contributed by atoms with Crippen molar-refractivity contribution in [1.82, 2.24) is 0 Å². The maximum absolute atomic E-state index is 13.6. The molecule has 0 bridgehead atoms. The number of methoxy groups -OCH3 is 1. The van der Waals surface area contributed by atoms with Crippen LogP contribution in [-0.4, -0.2) is 54.3 Å². The van der Waals surface area contributed by atoms with Crippen molar-refractivity contribution in [2.75, 3.05) is 12.4 Å². The summed E-state index contributed by atoms with van der Waals surface area (Å²) in [5.74, 6) is -3.35. The van der Waals surface area contributed by atoms with Crippen LogP contribution in [0.1, 0.15) is 16.8 Å². The molecule has 1 unspecified atom stereocenters. The molecule has 0 aromatic heterocycles. The number of hydrogen-bond acceptors (Lipinski definition) is 5. The second-order valence-corrected chi connectivity index (χ2v) is 9.98. The van der Waals surface area contributed by atoms with Crippen LogP contribution in [0.4, 0.5) is 10.1 Å². The number of carboxylic acid groups (broad SMARTS) is 2. The second-order valence-electron chi connectivity index (χ2n) is 5.52. The molecule has 29 heavy (non-hydrogen) atoms. The molecule has 11 heteroatoms. The molecule has 0 saturated carbocycles. The maximum atomic E-state index is 13.6. The predicted octanol–water partition coefficient (Wildman–Crippen LogP) is 2.65. The number of carbonyl (C=O) groups is 3. The minimum atomic E-state index is -1.25. The van der Waals surface area contributed by atoms with Crippen molar-refractivity contribution < 1.29 is 33.7 Å². The third-order valence-corrected chi connectivity index (χ3v) is 8.67. The van der Waals surface area contributed by atoms with Gasteiger partial charge < -0.3 is 0 Å². The molecule has 2 aromatic rings. The van der Waals surface area contributed by atoms with E-state index in [0.717, 1.165) is 16.2 Å². The SMILES string of the molecule is COc1cccc(C(=O)Nc2ccc(Cl)c(F)c2)c1[Se]SC(CC(=O)O)C(=O)O. The van der Waals surface area contributed by atoms with E-state index in [4.69, 9.17) is 21.4 Å². The Labute approximate surface area is 179 Å². The zero-order valence-electron chi connectivity index (χ0n) is 14.8. The van der Waals surface area contributed by atoms with E-state index in [0.29, 0.717) is 10.2 Å². The number of ether oxygens (including phenoxy) is 1. The van der Waals surface area contributed by atoms with Gasteiger partial charge in [0.05, 0.1) is 0 Å². The second kappa shape index (κ2) is 10.5. The van der Waals surface area contributed by atoms with Gasteiger partial charge in [0.15, 0.2) is 0 Å². The van der Waals surface area contributed by atoms with Crippen LogP contribution < -0.4 is 14.5 Å². The molecule has 1 amide bonds. The zero-order valence-corrected chi connectivity index (χ0v) is 18.1. The van der Waals surface area contributed by atoms with Gasteiger partial charge in [-0.25, -0.2) is 0 Å². The van der Waals surface area contributed by atoms with E-state index >= 15 is 0 Å². The molecule has 7 nitrogen and oxygen atoms in total. The molecular formula is C18H15ClFNO6SSe. The van der Waals surface area contributed by atoms with Crippen LogP contribution in [0.25, 0.3) is 0 Å². The molecule has 0 radical (unpaired) electrons. The first-order valence-electron chi connectivity index (χ1n) is 7.94. The van der Waals surface area contributed by atoms with Gasteiger partial charge in [-0.05, 0) is 0 Å². The van der Waals surface area contributed by atoms with Crippen LogP contribution in [0.15, 0.2) is 36.4 Å². The normalized spacial score (nSPS) is 11.6. The Kier molecular flexibility index (Phi) is 8.33. The van der Waals surface area contributed by atoms with E-state index in [1.165, 1.54) is 25.3 Å². The molecule has 0 spiro atoms. The Morgan fingerprint density at radius 1 is 1.28 bits per heavy atom. The number of amides is 1. The number of hydrogen-bond donors (Lipinski definition) is 3. The topological polar surface area (TPSA) is 113 Å². The fourth-order valence-electron chi connectivity index (χ4n) is 2.14. The van der Waals surface area contributed by atoms with Crippen LogP contribution >= 0.6 is 21.8 Å². The van der Waals surface area contributed by atoms with E-state index in [2.05, 4.69) is 5.32 Å². The molecule has 0 aliphatic heterocycles. The van der Waals surface area contributed by atoms with Crippen molar-refractivity contribution in [2.24, 2.45) is 0 Å². The van der Waals surface area contributed by atoms with E-state index in [9.17, 15) is 23.9 Å². The third kappa shape index (κ3) is 6.36. The fourth-order valence-corrected chi connectivity index (χ4v) is 6.96. The number of aliphatic carboxylic acids is 2. The van der Waals surface area contributed by atoms with Crippen molar-refractivity contribution in [2.45, 2.75) is 11.7 Å². The number of nitrogens with one attached hydrogen (secondary N) is 1. The van der Waals surface area contributed by atoms with Crippen molar-refractivity contribution in [3.8, 4) is 5.75 Å². The van der Waals surface area contributed by atoms with Crippen LogP contribution in [0.3, 0.4) is 0 Å². The van der Waals surface area contributed by atoms with E-state index in [1.807, 2.05) is 0 Å². The van der Waals surface area contributed by atoms with Crippen LogP contribution in [0.2, 0.25) is 5.02 Å². The molecule has 0 heterocycles. The van der Waals surface area contributed by atoms with Gasteiger partial charge in [0.2, 0.25) is 0 Å². The molecule has 154 valence electrons. The summed E-state index contributed by atoms with van der Waals surface area (Å²) < 4.78 is 19.3. The van der Waals surface area contributed by atoms with Gasteiger partial charge >= 0.3 is 180 Å². The summed E-state index contributed by atoms with van der Waals surface area (Å²) in [5, 5.41) is 19.4. The summed E-state index contributed by atoms with van der Waals surface area (Å²) in [5.41, 5.74) is 0.409. The van der Waals surface area contributed by atoms with Gasteiger partial charge in [-0.1, -0.05) is 0 Å². The summed E-state index contributed by atoms with van der Waals surface area (Å²) in [4.78, 5) is 34.9. The zero-order chi connectivity index (χ0) is 21.6. The summed E-state index contributed by atoms with van der Waals surface area (Å²) >= 11 is 4.99. The van der Waals surface area contributed by atoms with Gasteiger partial charge in [0, 0.05) is 0 Å². The number of benzene rings is 2. The van der Waals surface area contributed by atoms with Crippen molar-refractivity contribution in [3.05, 3.63) is 52.8 Å². The first kappa shape index (κ1) is 23.0. The van der Waals surface area contributed by atoms with E-state index in [-0.39, 0.29) is 16.3 Å². The standard InChI is InChI=1S/C18H15ClFNO6SSe/c1-27-13-4-2-3-10(16(13)29-28-14(18(25)26)8-15(22)23)17(24)21-9-5-6-11(19)12(20)7-9/h2-7,14H,8H2,1H3,(H,21,24)(H,22,23)(H,25,26). The Morgan fingerprint density at radius 3 is 2.59 bits per heavy atom. The number of rotatable bonds is 9. The number of halogens is 2. The van der Waals surface area contributed by atoms with Crippen LogP contribution in [0.5, 0.6) is 5.75 Å². The summed E-state index contributed by atoms with van der Waals surface area (Å²) in [6, 6.07) is 8.55. The summed E-state index contributed by atoms with van der Waals surface area (Å²) in [6.45, 7) is 0. The van der Waals surface area contributed by atoms with Crippen LogP contribution in [-0.2, 0) is 9.59 Å². The van der Waals surface area contributed by atoms with E-state index < -0.39 is 49.2 Å². The number of carboxylic acids is 2. The van der Waals surface area contributed by atoms with Gasteiger partial charge in [-0.2, -0.15) is 0 Å². The average Bonchev–Trinajstić information content (AvgIpc) is 2.67. The van der Waals surface area contributed by atoms with Gasteiger partial charge in [-0.15, -0.1) is 0 Å². The van der Waals surface area contributed by atoms with Gasteiger partial charge in [-0.3, -0.25) is 0 Å². The molecule has 0 saturated heterocycles. The molecular weight excluding hydrogens is 492 g/mol. The first-order chi connectivity index (χ1) is 13.7. The average molecular weight is 507 g/mol. The minimum absolute atomic E-state index is 0.0806. The number of carbonyl (C=O) groups excluding carboxylic acids is 1. The van der Waals surface area contributed by atoms with Crippen LogP contribution in [0, 0.1) is 5.82 Å². The number of anilines is 1. The third-order valence-electron chi connectivity index (χ3n) is 3.50. The Morgan fingerprint density at radius 2 is 2.00 bits per heavy atom. The first-order valence-corrected chi connectivity index (χ1v) is 12.1. The Balaban J connectivity index is 2.27. The fraction of sp³-hybridized carbons (Fsp3) is 0.167. The summed E-state index contributed by atoms with van der Waals surface area (Å²) in [7, 11) is 2.33. The molecule has 0 fully saturated rings. The van der Waals surface area contributed by atoms with Crippen molar-refractivity contribution in [1.29, 1.82) is 0 Å². The molecule has 3 N–H and O–H groups in total. The molecule has 1 atom stereocenters. The Hall–Kier alpha value is -2.26. The van der Waals surface area contributed by atoms with Crippen molar-refractivity contribution >= 4 is 63.6 Å². The van der Waals surface area contributed by atoms with Crippen molar-refractivity contribution in [3.63, 3.8) is 0 Å². The van der Waals surface area contributed by atoms with Gasteiger partial charge in [0.1, 0.15) is 0 Å². The molecule has 0 aliphatic rings. The monoisotopic (exact) mass is 507 g/mol. The molecule has 0 aliphatic carbocycles. The Bertz CT molecular complexity index is 945. The molecule has 2 aromatic carbocycles.